The molecule has 108 valence electrons. The highest BCUT2D eigenvalue weighted by atomic mass is 16.1. The average molecular weight is 254 g/mol. The molecule has 0 heterocycles. The number of Topliss-reactive ketones (excluding diaryl/α,β-unsaturated/α-hetero) is 1. The zero-order valence-electron chi connectivity index (χ0n) is 13.6. The number of carbonyl (C=O) groups excluding carboxylic acids is 1. The Balaban J connectivity index is 4.91. The Bertz CT molecular complexity index is 222. The van der Waals surface area contributed by atoms with Crippen LogP contribution >= 0.6 is 0 Å². The lowest BCUT2D eigenvalue weighted by Crippen LogP contribution is -2.40. The maximum absolute atomic E-state index is 13.0. The maximum Gasteiger partial charge on any atom is 0.144 e. The van der Waals surface area contributed by atoms with Crippen molar-refractivity contribution >= 4 is 5.78 Å². The second-order valence-electron chi connectivity index (χ2n) is 6.36. The van der Waals surface area contributed by atoms with Crippen LogP contribution in [0.15, 0.2) is 0 Å². The Morgan fingerprint density at radius 2 is 1.11 bits per heavy atom. The molecule has 0 radical (unpaired) electrons. The van der Waals surface area contributed by atoms with Crippen molar-refractivity contribution in [3.8, 4) is 0 Å². The number of carbonyl (C=O) groups is 1. The maximum atomic E-state index is 13.0. The van der Waals surface area contributed by atoms with E-state index in [9.17, 15) is 4.79 Å². The average Bonchev–Trinajstić information content (AvgIpc) is 2.41. The van der Waals surface area contributed by atoms with Gasteiger partial charge in [0.05, 0.1) is 0 Å². The molecule has 0 aliphatic carbocycles. The normalized spacial score (nSPS) is 18.1. The number of unbranched alkanes of at least 4 members (excludes halogenated alkanes) is 2. The van der Waals surface area contributed by atoms with Crippen LogP contribution in [0.4, 0.5) is 0 Å². The van der Waals surface area contributed by atoms with Gasteiger partial charge in [-0.1, -0.05) is 67.2 Å². The van der Waals surface area contributed by atoms with Gasteiger partial charge in [-0.05, 0) is 25.7 Å². The molecule has 0 amide bonds. The van der Waals surface area contributed by atoms with Crippen molar-refractivity contribution in [3.05, 3.63) is 0 Å². The molecule has 2 unspecified atom stereocenters. The van der Waals surface area contributed by atoms with Crippen LogP contribution in [0.5, 0.6) is 0 Å². The molecular formula is C17H34O. The van der Waals surface area contributed by atoms with Gasteiger partial charge in [0, 0.05) is 10.8 Å². The van der Waals surface area contributed by atoms with E-state index in [0.29, 0.717) is 5.78 Å². The van der Waals surface area contributed by atoms with Gasteiger partial charge in [-0.15, -0.1) is 0 Å². The van der Waals surface area contributed by atoms with Crippen molar-refractivity contribution in [3.63, 3.8) is 0 Å². The third-order valence-corrected chi connectivity index (χ3v) is 4.82. The number of rotatable bonds is 10. The summed E-state index contributed by atoms with van der Waals surface area (Å²) < 4.78 is 0. The fourth-order valence-electron chi connectivity index (χ4n) is 2.76. The van der Waals surface area contributed by atoms with Crippen molar-refractivity contribution < 1.29 is 4.79 Å². The summed E-state index contributed by atoms with van der Waals surface area (Å²) in [6.07, 6.45) is 8.77. The lowest BCUT2D eigenvalue weighted by molar-refractivity contribution is -0.139. The van der Waals surface area contributed by atoms with Gasteiger partial charge in [-0.25, -0.2) is 0 Å². The molecule has 0 aromatic rings. The van der Waals surface area contributed by atoms with E-state index in [0.717, 1.165) is 25.7 Å². The van der Waals surface area contributed by atoms with Crippen LogP contribution in [-0.4, -0.2) is 5.78 Å². The van der Waals surface area contributed by atoms with Crippen LogP contribution in [0, 0.1) is 10.8 Å². The van der Waals surface area contributed by atoms with E-state index >= 15 is 0 Å². The SMILES string of the molecule is CCCCC(C)(CC)C(=O)C(C)(CC)CCCC. The molecule has 0 aromatic heterocycles. The van der Waals surface area contributed by atoms with Crippen LogP contribution in [0.3, 0.4) is 0 Å². The molecule has 0 aromatic carbocycles. The van der Waals surface area contributed by atoms with Gasteiger partial charge < -0.3 is 0 Å². The summed E-state index contributed by atoms with van der Waals surface area (Å²) in [7, 11) is 0. The molecule has 1 nitrogen and oxygen atoms in total. The fourth-order valence-corrected chi connectivity index (χ4v) is 2.76. The van der Waals surface area contributed by atoms with E-state index in [1.54, 1.807) is 0 Å². The van der Waals surface area contributed by atoms with E-state index in [2.05, 4.69) is 41.5 Å². The molecule has 0 bridgehead atoms. The molecule has 0 spiro atoms. The predicted molar refractivity (Wildman–Crippen MR) is 80.9 cm³/mol. The first-order valence-electron chi connectivity index (χ1n) is 7.95. The highest BCUT2D eigenvalue weighted by molar-refractivity contribution is 5.89. The zero-order valence-corrected chi connectivity index (χ0v) is 13.6. The summed E-state index contributed by atoms with van der Waals surface area (Å²) in [6, 6.07) is 0. The van der Waals surface area contributed by atoms with E-state index in [-0.39, 0.29) is 10.8 Å². The van der Waals surface area contributed by atoms with Crippen molar-refractivity contribution in [2.75, 3.05) is 0 Å². The second kappa shape index (κ2) is 7.96. The third kappa shape index (κ3) is 4.40. The first-order chi connectivity index (χ1) is 8.40. The Labute approximate surface area is 115 Å². The Morgan fingerprint density at radius 1 is 0.778 bits per heavy atom. The number of ketones is 1. The topological polar surface area (TPSA) is 17.1 Å². The standard InChI is InChI=1S/C17H34O/c1-7-11-13-16(5,9-3)15(18)17(6,10-4)14-12-8-2/h7-14H2,1-6H3. The largest absolute Gasteiger partial charge is 0.298 e. The Hall–Kier alpha value is -0.330. The van der Waals surface area contributed by atoms with Gasteiger partial charge in [0.15, 0.2) is 0 Å². The minimum atomic E-state index is -0.103. The first-order valence-corrected chi connectivity index (χ1v) is 7.95. The molecule has 0 N–H and O–H groups in total. The van der Waals surface area contributed by atoms with Gasteiger partial charge in [0.1, 0.15) is 5.78 Å². The van der Waals surface area contributed by atoms with E-state index < -0.39 is 0 Å². The van der Waals surface area contributed by atoms with Crippen LogP contribution in [0.1, 0.15) is 92.9 Å². The summed E-state index contributed by atoms with van der Waals surface area (Å²) in [4.78, 5) is 13.0. The summed E-state index contributed by atoms with van der Waals surface area (Å²) in [5, 5.41) is 0. The molecule has 0 saturated heterocycles. The first kappa shape index (κ1) is 17.7. The van der Waals surface area contributed by atoms with Gasteiger partial charge in [-0.3, -0.25) is 4.79 Å². The highest BCUT2D eigenvalue weighted by Gasteiger charge is 2.41. The van der Waals surface area contributed by atoms with Crippen molar-refractivity contribution in [1.82, 2.24) is 0 Å². The van der Waals surface area contributed by atoms with Crippen LogP contribution in [0.2, 0.25) is 0 Å². The van der Waals surface area contributed by atoms with Crippen molar-refractivity contribution in [2.24, 2.45) is 10.8 Å². The van der Waals surface area contributed by atoms with Crippen LogP contribution in [0.25, 0.3) is 0 Å². The van der Waals surface area contributed by atoms with Crippen LogP contribution < -0.4 is 0 Å². The summed E-state index contributed by atoms with van der Waals surface area (Å²) >= 11 is 0. The molecule has 1 heteroatoms. The number of hydrogen-bond acceptors (Lipinski definition) is 1. The predicted octanol–water partition coefficient (Wildman–Crippen LogP) is 5.77. The quantitative estimate of drug-likeness (QED) is 0.484. The minimum absolute atomic E-state index is 0.103. The van der Waals surface area contributed by atoms with Gasteiger partial charge in [0.2, 0.25) is 0 Å². The summed E-state index contributed by atoms with van der Waals surface area (Å²) in [5.41, 5.74) is -0.205. The van der Waals surface area contributed by atoms with Crippen molar-refractivity contribution in [1.29, 1.82) is 0 Å². The van der Waals surface area contributed by atoms with E-state index in [1.165, 1.54) is 25.7 Å². The molecule has 18 heavy (non-hydrogen) atoms. The minimum Gasteiger partial charge on any atom is -0.298 e. The number of hydrogen-bond donors (Lipinski definition) is 0. The molecular weight excluding hydrogens is 220 g/mol. The lowest BCUT2D eigenvalue weighted by Gasteiger charge is -2.37. The molecule has 0 fully saturated rings. The van der Waals surface area contributed by atoms with Gasteiger partial charge in [-0.2, -0.15) is 0 Å². The van der Waals surface area contributed by atoms with Gasteiger partial charge in [0.25, 0.3) is 0 Å². The smallest absolute Gasteiger partial charge is 0.144 e. The second-order valence-corrected chi connectivity index (χ2v) is 6.36. The molecule has 0 rings (SSSR count). The molecule has 2 atom stereocenters. The molecule has 0 saturated carbocycles. The van der Waals surface area contributed by atoms with E-state index in [4.69, 9.17) is 0 Å². The Morgan fingerprint density at radius 3 is 1.33 bits per heavy atom. The summed E-state index contributed by atoms with van der Waals surface area (Å²) in [6.45, 7) is 13.1. The highest BCUT2D eigenvalue weighted by Crippen LogP contribution is 2.41. The van der Waals surface area contributed by atoms with Crippen molar-refractivity contribution in [2.45, 2.75) is 92.9 Å². The monoisotopic (exact) mass is 254 g/mol. The summed E-state index contributed by atoms with van der Waals surface area (Å²) in [5.74, 6) is 0.516. The molecule has 0 aliphatic rings. The molecule has 0 aliphatic heterocycles. The zero-order chi connectivity index (χ0) is 14.2. The third-order valence-electron chi connectivity index (χ3n) is 4.82. The van der Waals surface area contributed by atoms with Crippen LogP contribution in [-0.2, 0) is 4.79 Å². The Kier molecular flexibility index (Phi) is 7.82. The lowest BCUT2D eigenvalue weighted by atomic mass is 9.65. The van der Waals surface area contributed by atoms with E-state index in [1.807, 2.05) is 0 Å². The van der Waals surface area contributed by atoms with Gasteiger partial charge >= 0.3 is 0 Å². The fraction of sp³-hybridized carbons (Fsp3) is 0.941.